The summed E-state index contributed by atoms with van der Waals surface area (Å²) in [6.07, 6.45) is 4.94. The van der Waals surface area contributed by atoms with Crippen LogP contribution < -0.4 is 5.56 Å². The summed E-state index contributed by atoms with van der Waals surface area (Å²) >= 11 is 1.56. The average Bonchev–Trinajstić information content (AvgIpc) is 3.01. The molecule has 0 saturated carbocycles. The molecule has 0 aliphatic carbocycles. The molecule has 0 aliphatic heterocycles. The predicted octanol–water partition coefficient (Wildman–Crippen LogP) is 2.80. The number of para-hydroxylation sites is 1. The number of imidazole rings is 1. The van der Waals surface area contributed by atoms with E-state index in [-0.39, 0.29) is 5.56 Å². The van der Waals surface area contributed by atoms with Crippen LogP contribution in [0.5, 0.6) is 0 Å². The summed E-state index contributed by atoms with van der Waals surface area (Å²) in [7, 11) is 0. The summed E-state index contributed by atoms with van der Waals surface area (Å²) in [5.74, 6) is 0.733. The van der Waals surface area contributed by atoms with Crippen LogP contribution >= 0.6 is 11.8 Å². The monoisotopic (exact) mass is 335 g/mol. The number of aromatic nitrogens is 5. The van der Waals surface area contributed by atoms with Crippen molar-refractivity contribution in [2.75, 3.05) is 0 Å². The molecule has 3 aromatic heterocycles. The first kappa shape index (κ1) is 14.6. The second kappa shape index (κ2) is 6.29. The third-order valence-corrected chi connectivity index (χ3v) is 4.56. The zero-order chi connectivity index (χ0) is 16.4. The highest BCUT2D eigenvalue weighted by molar-refractivity contribution is 7.98. The minimum atomic E-state index is -0.236. The Balaban J connectivity index is 1.82. The van der Waals surface area contributed by atoms with E-state index in [9.17, 15) is 4.79 Å². The number of benzene rings is 1. The van der Waals surface area contributed by atoms with E-state index in [0.29, 0.717) is 11.2 Å². The van der Waals surface area contributed by atoms with Crippen molar-refractivity contribution < 1.29 is 0 Å². The number of H-pyrrole nitrogens is 1. The highest BCUT2D eigenvalue weighted by atomic mass is 32.2. The molecule has 0 aliphatic rings. The molecule has 0 saturated heterocycles. The van der Waals surface area contributed by atoms with Gasteiger partial charge in [-0.15, -0.1) is 0 Å². The zero-order valence-corrected chi connectivity index (χ0v) is 13.4. The number of rotatable bonds is 4. The molecule has 1 N–H and O–H groups in total. The van der Waals surface area contributed by atoms with Crippen LogP contribution in [0.1, 0.15) is 5.56 Å². The summed E-state index contributed by atoms with van der Waals surface area (Å²) < 4.78 is 1.91. The lowest BCUT2D eigenvalue weighted by Gasteiger charge is -2.08. The molecule has 1 aromatic carbocycles. The second-order valence-electron chi connectivity index (χ2n) is 5.11. The van der Waals surface area contributed by atoms with Crippen molar-refractivity contribution in [3.8, 4) is 5.69 Å². The third kappa shape index (κ3) is 2.69. The second-order valence-corrected chi connectivity index (χ2v) is 6.06. The van der Waals surface area contributed by atoms with Gasteiger partial charge < -0.3 is 4.98 Å². The van der Waals surface area contributed by atoms with Crippen molar-refractivity contribution in [2.45, 2.75) is 10.9 Å². The molecular formula is C17H13N5OS. The molecule has 0 amide bonds. The Kier molecular flexibility index (Phi) is 3.84. The summed E-state index contributed by atoms with van der Waals surface area (Å²) in [6, 6.07) is 13.7. The number of thioether (sulfide) groups is 1. The van der Waals surface area contributed by atoms with Gasteiger partial charge >= 0.3 is 0 Å². The maximum Gasteiger partial charge on any atom is 0.278 e. The van der Waals surface area contributed by atoms with Crippen molar-refractivity contribution in [1.82, 2.24) is 24.5 Å². The van der Waals surface area contributed by atoms with Crippen LogP contribution in [-0.4, -0.2) is 24.5 Å². The first-order valence-corrected chi connectivity index (χ1v) is 8.35. The third-order valence-electron chi connectivity index (χ3n) is 3.55. The molecule has 4 aromatic rings. The van der Waals surface area contributed by atoms with Crippen molar-refractivity contribution >= 4 is 22.9 Å². The number of hydrogen-bond acceptors (Lipinski definition) is 5. The molecule has 0 fully saturated rings. The highest BCUT2D eigenvalue weighted by Gasteiger charge is 2.16. The molecule has 0 spiro atoms. The largest absolute Gasteiger partial charge is 0.311 e. The van der Waals surface area contributed by atoms with Gasteiger partial charge in [0.05, 0.1) is 6.33 Å². The quantitative estimate of drug-likeness (QED) is 0.580. The minimum absolute atomic E-state index is 0.236. The zero-order valence-electron chi connectivity index (χ0n) is 12.6. The molecule has 0 unspecified atom stereocenters. The van der Waals surface area contributed by atoms with E-state index < -0.39 is 0 Å². The fraction of sp³-hybridized carbons (Fsp3) is 0.0588. The smallest absolute Gasteiger partial charge is 0.278 e. The van der Waals surface area contributed by atoms with Crippen LogP contribution in [0.4, 0.5) is 0 Å². The Bertz CT molecular complexity index is 1030. The molecule has 0 bridgehead atoms. The highest BCUT2D eigenvalue weighted by Crippen LogP contribution is 2.27. The Hall–Kier alpha value is -2.93. The number of fused-ring (bicyclic) bond motifs is 1. The van der Waals surface area contributed by atoms with Gasteiger partial charge in [-0.3, -0.25) is 14.3 Å². The van der Waals surface area contributed by atoms with Crippen LogP contribution in [0.3, 0.4) is 0 Å². The van der Waals surface area contributed by atoms with E-state index in [2.05, 4.69) is 19.9 Å². The lowest BCUT2D eigenvalue weighted by Crippen LogP contribution is -2.07. The maximum atomic E-state index is 12.1. The molecule has 4 rings (SSSR count). The van der Waals surface area contributed by atoms with Gasteiger partial charge in [0, 0.05) is 23.8 Å². The Morgan fingerprint density at radius 2 is 1.88 bits per heavy atom. The molecule has 118 valence electrons. The molecular weight excluding hydrogens is 322 g/mol. The number of nitrogens with one attached hydrogen (secondary N) is 1. The van der Waals surface area contributed by atoms with Crippen molar-refractivity contribution in [3.63, 3.8) is 0 Å². The normalized spacial score (nSPS) is 11.0. The van der Waals surface area contributed by atoms with Crippen molar-refractivity contribution in [3.05, 3.63) is 77.1 Å². The maximum absolute atomic E-state index is 12.1. The molecule has 3 heterocycles. The summed E-state index contributed by atoms with van der Waals surface area (Å²) in [4.78, 5) is 27.5. The Morgan fingerprint density at radius 3 is 2.67 bits per heavy atom. The van der Waals surface area contributed by atoms with Crippen LogP contribution in [-0.2, 0) is 5.75 Å². The van der Waals surface area contributed by atoms with Gasteiger partial charge in [0.2, 0.25) is 0 Å². The van der Waals surface area contributed by atoms with Crippen LogP contribution in [0.15, 0.2) is 71.1 Å². The summed E-state index contributed by atoms with van der Waals surface area (Å²) in [5, 5.41) is 0.734. The average molecular weight is 335 g/mol. The van der Waals surface area contributed by atoms with Gasteiger partial charge in [0.15, 0.2) is 16.3 Å². The van der Waals surface area contributed by atoms with E-state index in [4.69, 9.17) is 0 Å². The fourth-order valence-corrected chi connectivity index (χ4v) is 3.38. The van der Waals surface area contributed by atoms with Gasteiger partial charge in [0.25, 0.3) is 5.56 Å². The number of pyridine rings is 1. The first-order valence-electron chi connectivity index (χ1n) is 7.36. The number of hydrogen-bond donors (Lipinski definition) is 1. The van der Waals surface area contributed by atoms with E-state index in [1.54, 1.807) is 24.2 Å². The van der Waals surface area contributed by atoms with E-state index in [1.165, 1.54) is 6.33 Å². The van der Waals surface area contributed by atoms with Crippen molar-refractivity contribution in [2.24, 2.45) is 0 Å². The first-order chi connectivity index (χ1) is 11.8. The summed E-state index contributed by atoms with van der Waals surface area (Å²) in [5.41, 5.74) is 2.74. The molecule has 6 nitrogen and oxygen atoms in total. The topological polar surface area (TPSA) is 76.5 Å². The van der Waals surface area contributed by atoms with Crippen molar-refractivity contribution in [1.29, 1.82) is 0 Å². The van der Waals surface area contributed by atoms with Gasteiger partial charge in [-0.2, -0.15) is 0 Å². The van der Waals surface area contributed by atoms with E-state index in [0.717, 1.165) is 22.2 Å². The lowest BCUT2D eigenvalue weighted by atomic mass is 10.3. The molecule has 24 heavy (non-hydrogen) atoms. The number of aromatic amines is 1. The van der Waals surface area contributed by atoms with Gasteiger partial charge in [-0.25, -0.2) is 9.97 Å². The summed E-state index contributed by atoms with van der Waals surface area (Å²) in [6.45, 7) is 0. The molecule has 0 radical (unpaired) electrons. The van der Waals surface area contributed by atoms with E-state index >= 15 is 0 Å². The van der Waals surface area contributed by atoms with Crippen LogP contribution in [0.2, 0.25) is 0 Å². The molecule has 7 heteroatoms. The minimum Gasteiger partial charge on any atom is -0.311 e. The SMILES string of the molecule is O=c1[nH]cnc2c1nc(SCc1ccncc1)n2-c1ccccc1. The van der Waals surface area contributed by atoms with Crippen LogP contribution in [0.25, 0.3) is 16.9 Å². The lowest BCUT2D eigenvalue weighted by molar-refractivity contribution is 0.908. The molecule has 0 atom stereocenters. The Morgan fingerprint density at radius 1 is 1.08 bits per heavy atom. The standard InChI is InChI=1S/C17H13N5OS/c23-16-14-15(19-11-20-16)22(13-4-2-1-3-5-13)17(21-14)24-10-12-6-8-18-9-7-12/h1-9,11H,10H2,(H,19,20,23). The van der Waals surface area contributed by atoms with E-state index in [1.807, 2.05) is 47.0 Å². The van der Waals surface area contributed by atoms with Gasteiger partial charge in [-0.1, -0.05) is 30.0 Å². The number of nitrogens with zero attached hydrogens (tertiary/aromatic N) is 4. The van der Waals surface area contributed by atoms with Gasteiger partial charge in [-0.05, 0) is 29.8 Å². The van der Waals surface area contributed by atoms with Gasteiger partial charge in [0.1, 0.15) is 0 Å². The predicted molar refractivity (Wildman–Crippen MR) is 93.3 cm³/mol. The Labute approximate surface area is 141 Å². The fourth-order valence-electron chi connectivity index (χ4n) is 2.42. The van der Waals surface area contributed by atoms with Crippen LogP contribution in [0, 0.1) is 0 Å².